The average Bonchev–Trinajstić information content (AvgIpc) is 3.17. The van der Waals surface area contributed by atoms with Crippen molar-refractivity contribution in [2.75, 3.05) is 6.54 Å². The van der Waals surface area contributed by atoms with Crippen LogP contribution in [0.4, 0.5) is 22.0 Å². The lowest BCUT2D eigenvalue weighted by atomic mass is 9.84. The second kappa shape index (κ2) is 12.2. The number of amides is 1. The number of ether oxygens (including phenoxy) is 1. The van der Waals surface area contributed by atoms with Gasteiger partial charge in [0.2, 0.25) is 10.0 Å². The first-order valence-corrected chi connectivity index (χ1v) is 14.4. The highest BCUT2D eigenvalue weighted by atomic mass is 35.5. The maximum atomic E-state index is 13.2. The van der Waals surface area contributed by atoms with Gasteiger partial charge in [-0.05, 0) is 56.7 Å². The van der Waals surface area contributed by atoms with Crippen LogP contribution in [0.25, 0.3) is 11.3 Å². The Labute approximate surface area is 232 Å². The Bertz CT molecular complexity index is 1330. The molecule has 0 spiro atoms. The number of halogens is 6. The Hall–Kier alpha value is -2.49. The number of hydrogen-bond acceptors (Lipinski definition) is 6. The molecule has 4 N–H and O–H groups in total. The molecular weight excluding hydrogens is 587 g/mol. The highest BCUT2D eigenvalue weighted by Gasteiger charge is 2.38. The second-order valence-corrected chi connectivity index (χ2v) is 12.1. The number of benzene rings is 1. The number of rotatable bonds is 10. The molecule has 9 nitrogen and oxygen atoms in total. The summed E-state index contributed by atoms with van der Waals surface area (Å²) in [6.45, 7) is -0.771. The third-order valence-electron chi connectivity index (χ3n) is 6.93. The predicted molar refractivity (Wildman–Crippen MR) is 137 cm³/mol. The van der Waals surface area contributed by atoms with Gasteiger partial charge < -0.3 is 15.2 Å². The zero-order valence-corrected chi connectivity index (χ0v) is 23.2. The highest BCUT2D eigenvalue weighted by molar-refractivity contribution is 7.89. The number of hydrogen-bond donors (Lipinski definition) is 3. The van der Waals surface area contributed by atoms with Crippen LogP contribution < -0.4 is 15.2 Å². The summed E-state index contributed by atoms with van der Waals surface area (Å²) in [6, 6.07) is 3.67. The van der Waals surface area contributed by atoms with E-state index in [9.17, 15) is 40.3 Å². The van der Waals surface area contributed by atoms with Gasteiger partial charge in [-0.25, -0.2) is 13.6 Å². The number of nitrogens with two attached hydrogens (primary N) is 1. The molecule has 0 unspecified atom stereocenters. The molecule has 3 rings (SSSR count). The third-order valence-corrected chi connectivity index (χ3v) is 8.69. The summed E-state index contributed by atoms with van der Waals surface area (Å²) in [7, 11) is -3.75. The first kappa shape index (κ1) is 32.0. The minimum atomic E-state index is -4.48. The van der Waals surface area contributed by atoms with Crippen LogP contribution in [0.15, 0.2) is 18.2 Å². The fourth-order valence-electron chi connectivity index (χ4n) is 4.59. The van der Waals surface area contributed by atoms with Crippen LogP contribution in [0.2, 0.25) is 5.02 Å². The zero-order chi connectivity index (χ0) is 30.0. The van der Waals surface area contributed by atoms with Gasteiger partial charge in [0.1, 0.15) is 5.75 Å². The van der Waals surface area contributed by atoms with E-state index < -0.39 is 57.7 Å². The molecule has 1 atom stereocenters. The molecule has 40 heavy (non-hydrogen) atoms. The van der Waals surface area contributed by atoms with Gasteiger partial charge in [0.05, 0.1) is 27.5 Å². The molecule has 16 heteroatoms. The third kappa shape index (κ3) is 7.62. The van der Waals surface area contributed by atoms with Crippen molar-refractivity contribution in [3.05, 3.63) is 34.5 Å². The molecule has 1 fully saturated rings. The van der Waals surface area contributed by atoms with E-state index in [2.05, 4.69) is 15.2 Å². The number of alkyl halides is 5. The Balaban J connectivity index is 1.86. The molecule has 0 radical (unpaired) electrons. The zero-order valence-electron chi connectivity index (χ0n) is 21.6. The molecular formula is C24H30ClF5N4O5S. The van der Waals surface area contributed by atoms with E-state index in [0.29, 0.717) is 0 Å². The first-order valence-electron chi connectivity index (χ1n) is 12.4. The molecule has 1 amide bonds. The molecule has 224 valence electrons. The van der Waals surface area contributed by atoms with Crippen LogP contribution in [0.1, 0.15) is 55.6 Å². The van der Waals surface area contributed by atoms with E-state index in [1.807, 2.05) is 0 Å². The van der Waals surface area contributed by atoms with Crippen molar-refractivity contribution in [2.24, 2.45) is 11.1 Å². The molecule has 2 aromatic rings. The van der Waals surface area contributed by atoms with Crippen molar-refractivity contribution in [2.45, 2.75) is 76.1 Å². The number of carbonyl (C=O) groups is 1. The highest BCUT2D eigenvalue weighted by Crippen LogP contribution is 2.39. The van der Waals surface area contributed by atoms with E-state index >= 15 is 0 Å². The quantitative estimate of drug-likeness (QED) is 0.341. The van der Waals surface area contributed by atoms with Crippen molar-refractivity contribution in [1.29, 1.82) is 0 Å². The van der Waals surface area contributed by atoms with Gasteiger partial charge >= 0.3 is 12.8 Å². The van der Waals surface area contributed by atoms with E-state index in [4.69, 9.17) is 16.7 Å². The number of aromatic nitrogens is 2. The Kier molecular flexibility index (Phi) is 9.74. The summed E-state index contributed by atoms with van der Waals surface area (Å²) in [4.78, 5) is 13.0. The Morgan fingerprint density at radius 1 is 1.32 bits per heavy atom. The lowest BCUT2D eigenvalue weighted by Gasteiger charge is -2.35. The molecule has 1 saturated carbocycles. The maximum Gasteiger partial charge on any atom is 0.391 e. The summed E-state index contributed by atoms with van der Waals surface area (Å²) in [6.07, 6.45) is -4.58. The topological polar surface area (TPSA) is 137 Å². The molecule has 1 aliphatic carbocycles. The fraction of sp³-hybridized carbons (Fsp3) is 0.583. The summed E-state index contributed by atoms with van der Waals surface area (Å²) in [5.41, 5.74) is -1.54. The number of aryl methyl sites for hydroxylation is 1. The van der Waals surface area contributed by atoms with Crippen LogP contribution in [0.5, 0.6) is 5.75 Å². The minimum absolute atomic E-state index is 0.0120. The van der Waals surface area contributed by atoms with Gasteiger partial charge in [0.25, 0.3) is 5.91 Å². The molecule has 1 heterocycles. The van der Waals surface area contributed by atoms with Crippen molar-refractivity contribution in [3.8, 4) is 17.0 Å². The summed E-state index contributed by atoms with van der Waals surface area (Å²) in [5.74, 6) is -2.96. The minimum Gasteiger partial charge on any atom is -0.434 e. The SMILES string of the molecule is CCn1nc(C(=O)NCC2(O)CCC(S(N)(=O)=O)CC2)c(Cl)c1-c1ccc(C[C@H](C)C(F)(F)F)cc1OC(F)F. The number of sulfonamides is 1. The van der Waals surface area contributed by atoms with E-state index in [1.54, 1.807) is 6.92 Å². The maximum absolute atomic E-state index is 13.2. The van der Waals surface area contributed by atoms with E-state index in [-0.39, 0.29) is 66.3 Å². The molecule has 1 aromatic heterocycles. The van der Waals surface area contributed by atoms with Crippen LogP contribution in [0, 0.1) is 5.92 Å². The van der Waals surface area contributed by atoms with Gasteiger partial charge in [0, 0.05) is 18.7 Å². The van der Waals surface area contributed by atoms with Gasteiger partial charge in [0.15, 0.2) is 5.69 Å². The fourth-order valence-corrected chi connectivity index (χ4v) is 5.80. The van der Waals surface area contributed by atoms with E-state index in [1.165, 1.54) is 16.8 Å². The molecule has 0 saturated heterocycles. The van der Waals surface area contributed by atoms with Crippen LogP contribution in [-0.4, -0.2) is 59.4 Å². The predicted octanol–water partition coefficient (Wildman–Crippen LogP) is 4.26. The van der Waals surface area contributed by atoms with Gasteiger partial charge in [-0.3, -0.25) is 9.48 Å². The number of nitrogens with one attached hydrogen (secondary N) is 1. The Morgan fingerprint density at radius 2 is 1.95 bits per heavy atom. The van der Waals surface area contributed by atoms with Crippen molar-refractivity contribution in [1.82, 2.24) is 15.1 Å². The number of carbonyl (C=O) groups excluding carboxylic acids is 1. The van der Waals surface area contributed by atoms with Gasteiger partial charge in [-0.2, -0.15) is 27.1 Å². The van der Waals surface area contributed by atoms with Crippen molar-refractivity contribution in [3.63, 3.8) is 0 Å². The summed E-state index contributed by atoms with van der Waals surface area (Å²) in [5, 5.41) is 21.7. The van der Waals surface area contributed by atoms with Crippen molar-refractivity contribution < 1.29 is 45.0 Å². The smallest absolute Gasteiger partial charge is 0.391 e. The van der Waals surface area contributed by atoms with Gasteiger partial charge in [-0.15, -0.1) is 0 Å². The number of nitrogens with zero attached hydrogens (tertiary/aromatic N) is 2. The van der Waals surface area contributed by atoms with Crippen LogP contribution in [-0.2, 0) is 23.0 Å². The number of aliphatic hydroxyl groups is 1. The molecule has 1 aliphatic rings. The lowest BCUT2D eigenvalue weighted by Crippen LogP contribution is -2.48. The summed E-state index contributed by atoms with van der Waals surface area (Å²) < 4.78 is 94.5. The standard InChI is InChI=1S/C24H30ClF5N4O5S/c1-3-34-20(16-5-4-14(10-13(2)24(28,29)30)11-17(16)39-22(26)27)18(25)19(33-34)21(35)32-12-23(36)8-6-15(7-9-23)40(31,37)38/h4-5,11,13,15,22,36H,3,6-10,12H2,1-2H3,(H,32,35)(H2,31,37,38)/t13-,15?,23?/m0/s1. The van der Waals surface area contributed by atoms with Crippen LogP contribution >= 0.6 is 11.6 Å². The monoisotopic (exact) mass is 616 g/mol. The summed E-state index contributed by atoms with van der Waals surface area (Å²) >= 11 is 6.48. The normalized spacial score (nSPS) is 20.9. The largest absolute Gasteiger partial charge is 0.434 e. The average molecular weight is 617 g/mol. The van der Waals surface area contributed by atoms with Crippen molar-refractivity contribution >= 4 is 27.5 Å². The van der Waals surface area contributed by atoms with E-state index in [0.717, 1.165) is 13.0 Å². The molecule has 1 aromatic carbocycles. The second-order valence-electron chi connectivity index (χ2n) is 9.88. The Morgan fingerprint density at radius 3 is 2.48 bits per heavy atom. The number of primary sulfonamides is 1. The van der Waals surface area contributed by atoms with Gasteiger partial charge in [-0.1, -0.05) is 24.6 Å². The first-order chi connectivity index (χ1) is 18.4. The molecule has 0 bridgehead atoms. The molecule has 0 aliphatic heterocycles. The van der Waals surface area contributed by atoms with Crippen LogP contribution in [0.3, 0.4) is 0 Å². The lowest BCUT2D eigenvalue weighted by molar-refractivity contribution is -0.169.